The molecule has 0 aliphatic carbocycles. The van der Waals surface area contributed by atoms with Gasteiger partial charge >= 0.3 is 0 Å². The molecule has 234 valence electrons. The molecule has 0 bridgehead atoms. The van der Waals surface area contributed by atoms with E-state index >= 15 is 0 Å². The van der Waals surface area contributed by atoms with Gasteiger partial charge in [0.1, 0.15) is 4.83 Å². The predicted octanol–water partition coefficient (Wildman–Crippen LogP) is 13.7. The molecule has 8 aromatic carbocycles. The highest BCUT2D eigenvalue weighted by atomic mass is 32.1. The number of thiophene rings is 1. The molecule has 2 aromatic heterocycles. The fourth-order valence-electron chi connectivity index (χ4n) is 7.44. The van der Waals surface area contributed by atoms with E-state index in [0.29, 0.717) is 0 Å². The minimum absolute atomic E-state index is 1.07. The lowest BCUT2D eigenvalue weighted by atomic mass is 9.94. The van der Waals surface area contributed by atoms with Crippen molar-refractivity contribution in [3.8, 4) is 22.3 Å². The van der Waals surface area contributed by atoms with Gasteiger partial charge in [0, 0.05) is 38.7 Å². The quantitative estimate of drug-likeness (QED) is 0.172. The first-order chi connectivity index (χ1) is 24.8. The molecule has 3 heteroatoms. The Kier molecular flexibility index (Phi) is 6.71. The van der Waals surface area contributed by atoms with Crippen LogP contribution in [0, 0.1) is 0 Å². The van der Waals surface area contributed by atoms with Crippen LogP contribution in [0.4, 0.5) is 17.1 Å². The second kappa shape index (κ2) is 11.7. The van der Waals surface area contributed by atoms with Gasteiger partial charge in [-0.1, -0.05) is 121 Å². The number of nitrogens with zero attached hydrogens (tertiary/aromatic N) is 2. The first-order valence-corrected chi connectivity index (χ1v) is 17.8. The summed E-state index contributed by atoms with van der Waals surface area (Å²) in [5, 5.41) is 10.2. The molecule has 0 spiro atoms. The predicted molar refractivity (Wildman–Crippen MR) is 215 cm³/mol. The standard InChI is InChI=1S/C47H30N2S/c1-2-7-31(8-3-1)32-16-21-38(22-17-32)49(40-25-27-43-44-11-6-28-48-47(44)50-45(43)30-40)39-23-18-33(19-24-39)36-20-26-42-37(29-36)15-14-35-13-12-34-9-4-5-10-41(34)46(35)42/h1-30H. The number of rotatable bonds is 5. The molecule has 0 saturated heterocycles. The Morgan fingerprint density at radius 2 is 0.960 bits per heavy atom. The molecule has 0 N–H and O–H groups in total. The summed E-state index contributed by atoms with van der Waals surface area (Å²) in [4.78, 5) is 8.06. The SMILES string of the molecule is c1ccc(-c2ccc(N(c3ccc(-c4ccc5c(ccc6ccc7ccccc7c65)c4)cc3)c3ccc4c(c3)sc3ncccc34)cc2)cc1. The Morgan fingerprint density at radius 1 is 0.380 bits per heavy atom. The molecule has 10 aromatic rings. The summed E-state index contributed by atoms with van der Waals surface area (Å²) < 4.78 is 1.23. The average Bonchev–Trinajstić information content (AvgIpc) is 3.56. The van der Waals surface area contributed by atoms with E-state index in [2.05, 4.69) is 180 Å². The van der Waals surface area contributed by atoms with Crippen molar-refractivity contribution in [3.05, 3.63) is 182 Å². The van der Waals surface area contributed by atoms with Crippen LogP contribution in [-0.4, -0.2) is 4.98 Å². The summed E-state index contributed by atoms with van der Waals surface area (Å²) >= 11 is 1.75. The van der Waals surface area contributed by atoms with Crippen LogP contribution in [0.15, 0.2) is 182 Å². The minimum Gasteiger partial charge on any atom is -0.310 e. The van der Waals surface area contributed by atoms with Crippen molar-refractivity contribution >= 4 is 81.0 Å². The lowest BCUT2D eigenvalue weighted by Gasteiger charge is -2.26. The van der Waals surface area contributed by atoms with E-state index in [9.17, 15) is 0 Å². The van der Waals surface area contributed by atoms with Crippen LogP contribution in [-0.2, 0) is 0 Å². The van der Waals surface area contributed by atoms with Crippen molar-refractivity contribution in [2.45, 2.75) is 0 Å². The third-order valence-corrected chi connectivity index (χ3v) is 11.0. The van der Waals surface area contributed by atoms with Gasteiger partial charge in [0.25, 0.3) is 0 Å². The number of hydrogen-bond acceptors (Lipinski definition) is 3. The van der Waals surface area contributed by atoms with Gasteiger partial charge in [0.15, 0.2) is 0 Å². The molecule has 50 heavy (non-hydrogen) atoms. The smallest absolute Gasteiger partial charge is 0.124 e. The van der Waals surface area contributed by atoms with Gasteiger partial charge in [-0.25, -0.2) is 4.98 Å². The van der Waals surface area contributed by atoms with Gasteiger partial charge in [-0.05, 0) is 109 Å². The van der Waals surface area contributed by atoms with E-state index in [-0.39, 0.29) is 0 Å². The molecule has 0 aliphatic heterocycles. The van der Waals surface area contributed by atoms with Crippen LogP contribution >= 0.6 is 11.3 Å². The summed E-state index contributed by atoms with van der Waals surface area (Å²) in [6.45, 7) is 0. The maximum absolute atomic E-state index is 4.64. The van der Waals surface area contributed by atoms with Gasteiger partial charge in [-0.15, -0.1) is 11.3 Å². The molecule has 0 radical (unpaired) electrons. The van der Waals surface area contributed by atoms with Crippen molar-refractivity contribution < 1.29 is 0 Å². The number of anilines is 3. The minimum atomic E-state index is 1.07. The van der Waals surface area contributed by atoms with Crippen LogP contribution < -0.4 is 4.90 Å². The zero-order valence-corrected chi connectivity index (χ0v) is 27.9. The van der Waals surface area contributed by atoms with Gasteiger partial charge in [-0.2, -0.15) is 0 Å². The Labute approximate surface area is 294 Å². The highest BCUT2D eigenvalue weighted by Crippen LogP contribution is 2.41. The lowest BCUT2D eigenvalue weighted by Crippen LogP contribution is -2.09. The first-order valence-electron chi connectivity index (χ1n) is 16.9. The highest BCUT2D eigenvalue weighted by molar-refractivity contribution is 7.25. The molecule has 10 rings (SSSR count). The Hall–Kier alpha value is -6.29. The third kappa shape index (κ3) is 4.82. The number of hydrogen-bond donors (Lipinski definition) is 0. The van der Waals surface area contributed by atoms with Crippen LogP contribution in [0.3, 0.4) is 0 Å². The van der Waals surface area contributed by atoms with Crippen molar-refractivity contribution in [2.75, 3.05) is 4.90 Å². The number of benzene rings is 8. The van der Waals surface area contributed by atoms with Crippen molar-refractivity contribution in [3.63, 3.8) is 0 Å². The molecule has 2 nitrogen and oxygen atoms in total. The second-order valence-electron chi connectivity index (χ2n) is 12.8. The van der Waals surface area contributed by atoms with Crippen LogP contribution in [0.25, 0.3) is 74.9 Å². The third-order valence-electron chi connectivity index (χ3n) is 9.91. The lowest BCUT2D eigenvalue weighted by molar-refractivity contribution is 1.29. The summed E-state index contributed by atoms with van der Waals surface area (Å²) in [6.07, 6.45) is 1.88. The zero-order valence-electron chi connectivity index (χ0n) is 27.1. The molecule has 0 amide bonds. The zero-order chi connectivity index (χ0) is 33.0. The highest BCUT2D eigenvalue weighted by Gasteiger charge is 2.16. The van der Waals surface area contributed by atoms with Gasteiger partial charge in [-0.3, -0.25) is 0 Å². The fourth-order valence-corrected chi connectivity index (χ4v) is 8.51. The Bertz CT molecular complexity index is 2850. The summed E-state index contributed by atoms with van der Waals surface area (Å²) in [7, 11) is 0. The topological polar surface area (TPSA) is 16.1 Å². The summed E-state index contributed by atoms with van der Waals surface area (Å²) in [5.41, 5.74) is 8.16. The Morgan fingerprint density at radius 3 is 1.76 bits per heavy atom. The number of aromatic nitrogens is 1. The molecule has 0 fully saturated rings. The monoisotopic (exact) mass is 654 g/mol. The maximum atomic E-state index is 4.64. The Balaban J connectivity index is 1.06. The van der Waals surface area contributed by atoms with Gasteiger partial charge in [0.2, 0.25) is 0 Å². The molecular formula is C47H30N2S. The maximum Gasteiger partial charge on any atom is 0.124 e. The van der Waals surface area contributed by atoms with Crippen molar-refractivity contribution in [1.29, 1.82) is 0 Å². The van der Waals surface area contributed by atoms with Crippen molar-refractivity contribution in [2.24, 2.45) is 0 Å². The second-order valence-corrected chi connectivity index (χ2v) is 13.9. The van der Waals surface area contributed by atoms with E-state index in [1.165, 1.54) is 70.0 Å². The van der Waals surface area contributed by atoms with E-state index in [1.54, 1.807) is 11.3 Å². The summed E-state index contributed by atoms with van der Waals surface area (Å²) in [6, 6.07) is 63.9. The van der Waals surface area contributed by atoms with E-state index in [4.69, 9.17) is 0 Å². The normalized spacial score (nSPS) is 11.6. The number of fused-ring (bicyclic) bond motifs is 8. The summed E-state index contributed by atoms with van der Waals surface area (Å²) in [5.74, 6) is 0. The molecule has 0 atom stereocenters. The van der Waals surface area contributed by atoms with Gasteiger partial charge in [0.05, 0.1) is 0 Å². The van der Waals surface area contributed by atoms with Crippen LogP contribution in [0.2, 0.25) is 0 Å². The van der Waals surface area contributed by atoms with Crippen LogP contribution in [0.5, 0.6) is 0 Å². The van der Waals surface area contributed by atoms with E-state index in [1.807, 2.05) is 12.3 Å². The average molecular weight is 655 g/mol. The first kappa shape index (κ1) is 28.7. The van der Waals surface area contributed by atoms with Crippen LogP contribution in [0.1, 0.15) is 0 Å². The van der Waals surface area contributed by atoms with E-state index in [0.717, 1.165) is 21.9 Å². The number of pyridine rings is 1. The van der Waals surface area contributed by atoms with Gasteiger partial charge < -0.3 is 4.90 Å². The largest absolute Gasteiger partial charge is 0.310 e. The molecule has 2 heterocycles. The molecule has 0 saturated carbocycles. The fraction of sp³-hybridized carbons (Fsp3) is 0. The molecule has 0 aliphatic rings. The molecular weight excluding hydrogens is 625 g/mol. The van der Waals surface area contributed by atoms with E-state index < -0.39 is 0 Å². The molecule has 0 unspecified atom stereocenters. The van der Waals surface area contributed by atoms with Crippen molar-refractivity contribution in [1.82, 2.24) is 4.98 Å².